The molecule has 1 heterocycles. The zero-order valence-corrected chi connectivity index (χ0v) is 42.4. The molecule has 1 fully saturated rings. The monoisotopic (exact) mass is 936 g/mol. The van der Waals surface area contributed by atoms with Crippen molar-refractivity contribution in [2.45, 2.75) is 256 Å². The Kier molecular flexibility index (Phi) is 37.2. The lowest BCUT2D eigenvalue weighted by atomic mass is 9.99. The molecule has 1 unspecified atom stereocenters. The maximum atomic E-state index is 13.2. The number of nitrogens with zero attached hydrogens (tertiary/aromatic N) is 1. The molecule has 0 saturated carbocycles. The van der Waals surface area contributed by atoms with Crippen molar-refractivity contribution in [1.29, 1.82) is 0 Å². The molecule has 0 spiro atoms. The van der Waals surface area contributed by atoms with Crippen molar-refractivity contribution in [2.75, 3.05) is 47.5 Å². The van der Waals surface area contributed by atoms with Crippen LogP contribution in [0.15, 0.2) is 12.2 Å². The van der Waals surface area contributed by atoms with E-state index in [1.165, 1.54) is 148 Å². The zero-order valence-electron chi connectivity index (χ0n) is 41.5. The summed E-state index contributed by atoms with van der Waals surface area (Å²) in [5, 5.41) is 46.1. The second-order valence-corrected chi connectivity index (χ2v) is 21.1. The van der Waals surface area contributed by atoms with Gasteiger partial charge in [-0.15, -0.1) is 0 Å². The Bertz CT molecular complexity index is 1180. The molecule has 13 nitrogen and oxygen atoms in total. The molecule has 380 valence electrons. The fourth-order valence-electron chi connectivity index (χ4n) is 8.01. The molecular weight excluding hydrogens is 836 g/mol. The number of carbonyl (C=O) groups excluding carboxylic acids is 1. The molecule has 0 aromatic carbocycles. The molecule has 0 aromatic rings. The SMILES string of the molecule is CCCCCCCCCCCC/C=C/[C@@H](O)[C@H](CO[C@@H]1O[C@H](COP(=O)(O)OCC[N+](C)(C)C)[C@H](O)[C@H](O)[C@H]1O)NC(=O)CCCCCCCCCCCCCCCCCCCCC. The summed E-state index contributed by atoms with van der Waals surface area (Å²) in [7, 11) is 1.19. The van der Waals surface area contributed by atoms with Gasteiger partial charge in [-0.2, -0.15) is 0 Å². The van der Waals surface area contributed by atoms with Gasteiger partial charge in [0.15, 0.2) is 6.29 Å². The topological polar surface area (TPSA) is 184 Å². The summed E-state index contributed by atoms with van der Waals surface area (Å²) in [4.78, 5) is 23.3. The molecule has 0 bridgehead atoms. The Morgan fingerprint density at radius 3 is 1.55 bits per heavy atom. The fraction of sp³-hybridized carbons (Fsp3) is 0.940. The summed E-state index contributed by atoms with van der Waals surface area (Å²) in [5.74, 6) is -0.224. The van der Waals surface area contributed by atoms with Gasteiger partial charge in [0.05, 0.1) is 46.5 Å². The number of nitrogens with one attached hydrogen (secondary N) is 1. The van der Waals surface area contributed by atoms with Crippen LogP contribution in [-0.4, -0.2) is 126 Å². The highest BCUT2D eigenvalue weighted by Gasteiger charge is 2.45. The van der Waals surface area contributed by atoms with Crippen LogP contribution in [0.1, 0.15) is 213 Å². The third-order valence-corrected chi connectivity index (χ3v) is 13.3. The fourth-order valence-corrected chi connectivity index (χ4v) is 8.74. The van der Waals surface area contributed by atoms with E-state index in [4.69, 9.17) is 18.5 Å². The number of allylic oxidation sites excluding steroid dienone is 1. The van der Waals surface area contributed by atoms with E-state index in [0.29, 0.717) is 17.4 Å². The van der Waals surface area contributed by atoms with E-state index < -0.39 is 57.3 Å². The third kappa shape index (κ3) is 33.5. The number of hydrogen-bond acceptors (Lipinski definition) is 10. The molecule has 1 rings (SSSR count). The number of hydrogen-bond donors (Lipinski definition) is 6. The third-order valence-electron chi connectivity index (χ3n) is 12.4. The molecule has 0 aromatic heterocycles. The molecule has 0 aliphatic carbocycles. The molecule has 1 aliphatic heterocycles. The molecular formula is C50H100N2O11P+. The largest absolute Gasteiger partial charge is 0.472 e. The molecule has 64 heavy (non-hydrogen) atoms. The lowest BCUT2D eigenvalue weighted by Crippen LogP contribution is -2.60. The average Bonchev–Trinajstić information content (AvgIpc) is 3.25. The highest BCUT2D eigenvalue weighted by molar-refractivity contribution is 7.47. The second kappa shape index (κ2) is 38.9. The van der Waals surface area contributed by atoms with Gasteiger partial charge in [-0.25, -0.2) is 4.57 Å². The first kappa shape index (κ1) is 61.1. The van der Waals surface area contributed by atoms with Crippen LogP contribution in [0.2, 0.25) is 0 Å². The summed E-state index contributed by atoms with van der Waals surface area (Å²) in [6, 6.07) is -0.890. The van der Waals surface area contributed by atoms with Crippen LogP contribution in [0.4, 0.5) is 0 Å². The van der Waals surface area contributed by atoms with Gasteiger partial charge in [0.1, 0.15) is 37.6 Å². The minimum atomic E-state index is -4.52. The van der Waals surface area contributed by atoms with Gasteiger partial charge in [0.2, 0.25) is 5.91 Å². The molecule has 1 saturated heterocycles. The second-order valence-electron chi connectivity index (χ2n) is 19.6. The number of phosphoric ester groups is 1. The Labute approximate surface area is 391 Å². The first-order valence-electron chi connectivity index (χ1n) is 26.1. The van der Waals surface area contributed by atoms with E-state index in [-0.39, 0.29) is 19.1 Å². The Hall–Kier alpha value is -0.960. The number of rotatable bonds is 44. The Morgan fingerprint density at radius 2 is 1.09 bits per heavy atom. The molecule has 1 amide bonds. The first-order chi connectivity index (χ1) is 30.7. The number of phosphoric acid groups is 1. The number of likely N-dealkylation sites (N-methyl/N-ethyl adjacent to an activating group) is 1. The van der Waals surface area contributed by atoms with Crippen LogP contribution in [0, 0.1) is 0 Å². The van der Waals surface area contributed by atoms with E-state index in [2.05, 4.69) is 19.2 Å². The van der Waals surface area contributed by atoms with Crippen molar-refractivity contribution < 1.29 is 57.7 Å². The van der Waals surface area contributed by atoms with E-state index in [0.717, 1.165) is 44.9 Å². The molecule has 8 atom stereocenters. The van der Waals surface area contributed by atoms with Crippen LogP contribution < -0.4 is 5.32 Å². The Morgan fingerprint density at radius 1 is 0.656 bits per heavy atom. The van der Waals surface area contributed by atoms with Crippen LogP contribution >= 0.6 is 7.82 Å². The van der Waals surface area contributed by atoms with Crippen molar-refractivity contribution in [2.24, 2.45) is 0 Å². The average molecular weight is 936 g/mol. The van der Waals surface area contributed by atoms with Crippen LogP contribution in [0.25, 0.3) is 0 Å². The zero-order chi connectivity index (χ0) is 47.3. The van der Waals surface area contributed by atoms with E-state index >= 15 is 0 Å². The van der Waals surface area contributed by atoms with Gasteiger partial charge in [0, 0.05) is 6.42 Å². The predicted molar refractivity (Wildman–Crippen MR) is 259 cm³/mol. The molecule has 0 radical (unpaired) electrons. The Balaban J connectivity index is 2.57. The van der Waals surface area contributed by atoms with Crippen LogP contribution in [0.3, 0.4) is 0 Å². The minimum absolute atomic E-state index is 0.0544. The van der Waals surface area contributed by atoms with Gasteiger partial charge in [0.25, 0.3) is 0 Å². The van der Waals surface area contributed by atoms with E-state index in [1.54, 1.807) is 6.08 Å². The number of aliphatic hydroxyl groups excluding tert-OH is 4. The molecule has 1 aliphatic rings. The lowest BCUT2D eigenvalue weighted by Gasteiger charge is -2.40. The standard InChI is InChI=1S/C50H99N2O11P/c1-6-8-10-12-14-16-18-20-21-22-23-24-25-26-28-30-32-34-36-38-46(54)51-43(44(53)37-35-33-31-29-27-19-17-15-13-11-9-7-2)41-60-50-49(57)48(56)47(55)45(63-50)42-62-64(58,59)61-40-39-52(3,4)5/h35,37,43-45,47-50,53,55-57H,6-34,36,38-42H2,1-5H3,(H-,51,54,58,59)/p+1/b37-35+/t43-,44+,45+,47-,48-,49+,50+/m0/s1. The summed E-state index contributed by atoms with van der Waals surface area (Å²) < 4.78 is 34.7. The first-order valence-corrected chi connectivity index (χ1v) is 27.6. The van der Waals surface area contributed by atoms with Gasteiger partial charge < -0.3 is 44.6 Å². The van der Waals surface area contributed by atoms with Gasteiger partial charge >= 0.3 is 7.82 Å². The maximum absolute atomic E-state index is 13.2. The maximum Gasteiger partial charge on any atom is 0.472 e. The quantitative estimate of drug-likeness (QED) is 0.0148. The van der Waals surface area contributed by atoms with Crippen LogP contribution in [-0.2, 0) is 27.9 Å². The van der Waals surface area contributed by atoms with Crippen molar-refractivity contribution >= 4 is 13.7 Å². The number of unbranched alkanes of at least 4 members (excludes halogenated alkanes) is 28. The number of carbonyl (C=O) groups is 1. The number of aliphatic hydroxyl groups is 4. The van der Waals surface area contributed by atoms with Crippen molar-refractivity contribution in [3.63, 3.8) is 0 Å². The summed E-state index contributed by atoms with van der Waals surface area (Å²) >= 11 is 0. The predicted octanol–water partition coefficient (Wildman–Crippen LogP) is 10.2. The number of ether oxygens (including phenoxy) is 2. The van der Waals surface area contributed by atoms with Gasteiger partial charge in [-0.05, 0) is 19.3 Å². The highest BCUT2D eigenvalue weighted by atomic mass is 31.2. The summed E-state index contributed by atoms with van der Waals surface area (Å²) in [6.45, 7) is 3.98. The smallest absolute Gasteiger partial charge is 0.387 e. The highest BCUT2D eigenvalue weighted by Crippen LogP contribution is 2.43. The van der Waals surface area contributed by atoms with Crippen molar-refractivity contribution in [1.82, 2.24) is 5.32 Å². The van der Waals surface area contributed by atoms with E-state index in [9.17, 15) is 34.7 Å². The lowest BCUT2D eigenvalue weighted by molar-refractivity contribution is -0.870. The van der Waals surface area contributed by atoms with Crippen molar-refractivity contribution in [3.8, 4) is 0 Å². The number of quaternary nitrogens is 1. The van der Waals surface area contributed by atoms with Gasteiger partial charge in [-0.3, -0.25) is 13.8 Å². The molecule has 6 N–H and O–H groups in total. The normalized spacial score (nSPS) is 21.3. The van der Waals surface area contributed by atoms with Gasteiger partial charge in [-0.1, -0.05) is 199 Å². The van der Waals surface area contributed by atoms with Crippen molar-refractivity contribution in [3.05, 3.63) is 12.2 Å². The van der Waals surface area contributed by atoms with E-state index in [1.807, 2.05) is 27.2 Å². The summed E-state index contributed by atoms with van der Waals surface area (Å²) in [5.41, 5.74) is 0. The van der Waals surface area contributed by atoms with Crippen LogP contribution in [0.5, 0.6) is 0 Å². The number of amides is 1. The molecule has 14 heteroatoms. The minimum Gasteiger partial charge on any atom is -0.387 e. The summed E-state index contributed by atoms with van der Waals surface area (Å²) in [6.07, 6.45) is 32.2.